The number of anilines is 2. The average Bonchev–Trinajstić information content (AvgIpc) is 3.61. The van der Waals surface area contributed by atoms with Gasteiger partial charge >= 0.3 is 0 Å². The number of hydrogen-bond donors (Lipinski definition) is 3. The van der Waals surface area contributed by atoms with Crippen molar-refractivity contribution in [2.45, 2.75) is 17.1 Å². The third-order valence-corrected chi connectivity index (χ3v) is 9.44. The van der Waals surface area contributed by atoms with Gasteiger partial charge in [-0.1, -0.05) is 60.7 Å². The van der Waals surface area contributed by atoms with Gasteiger partial charge in [-0.05, 0) is 90.0 Å². The van der Waals surface area contributed by atoms with Crippen molar-refractivity contribution in [1.82, 2.24) is 10.3 Å². The highest BCUT2D eigenvalue weighted by Gasteiger charge is 2.18. The van der Waals surface area contributed by atoms with Gasteiger partial charge in [0.1, 0.15) is 11.4 Å². The van der Waals surface area contributed by atoms with E-state index in [0.29, 0.717) is 16.4 Å². The molecule has 1 unspecified atom stereocenters. The molecule has 1 heterocycles. The molecule has 1 aromatic heterocycles. The van der Waals surface area contributed by atoms with Gasteiger partial charge in [0.25, 0.3) is 11.8 Å². The van der Waals surface area contributed by atoms with Crippen LogP contribution in [-0.4, -0.2) is 35.1 Å². The average molecular weight is 685 g/mol. The topological polar surface area (TPSA) is 109 Å². The van der Waals surface area contributed by atoms with E-state index < -0.39 is 17.1 Å². The first-order valence-corrected chi connectivity index (χ1v) is 17.2. The van der Waals surface area contributed by atoms with Gasteiger partial charge in [0, 0.05) is 27.1 Å². The Bertz CT molecular complexity index is 2120. The number of aromatic nitrogens is 1. The summed E-state index contributed by atoms with van der Waals surface area (Å²) in [6.45, 7) is 1.83. The van der Waals surface area contributed by atoms with Crippen LogP contribution in [0.2, 0.25) is 0 Å². The molecule has 0 aliphatic carbocycles. The second kappa shape index (κ2) is 15.5. The van der Waals surface area contributed by atoms with Gasteiger partial charge in [0.15, 0.2) is 5.13 Å². The molecule has 0 spiro atoms. The molecule has 0 saturated heterocycles. The Kier molecular flexibility index (Phi) is 10.5. The quantitative estimate of drug-likeness (QED) is 0.0933. The van der Waals surface area contributed by atoms with Crippen LogP contribution in [0, 0.1) is 0 Å². The van der Waals surface area contributed by atoms with Gasteiger partial charge in [-0.3, -0.25) is 14.4 Å². The lowest BCUT2D eigenvalue weighted by Gasteiger charge is -2.13. The number of hydrogen-bond acceptors (Lipinski definition) is 7. The third-order valence-electron chi connectivity index (χ3n) is 7.57. The molecular weight excluding hydrogens is 653 g/mol. The van der Waals surface area contributed by atoms with Crippen molar-refractivity contribution in [2.24, 2.45) is 0 Å². The molecule has 10 heteroatoms. The summed E-state index contributed by atoms with van der Waals surface area (Å²) < 4.78 is 5.22. The van der Waals surface area contributed by atoms with E-state index in [1.807, 2.05) is 97.2 Å². The minimum atomic E-state index is -0.470. The predicted octanol–water partition coefficient (Wildman–Crippen LogP) is 8.50. The van der Waals surface area contributed by atoms with Crippen LogP contribution in [-0.2, 0) is 9.59 Å². The number of carbonyl (C=O) groups is 3. The fourth-order valence-electron chi connectivity index (χ4n) is 4.98. The Morgan fingerprint density at radius 2 is 1.53 bits per heavy atom. The molecule has 0 saturated carbocycles. The number of carbonyl (C=O) groups excluding carboxylic acids is 3. The van der Waals surface area contributed by atoms with Gasteiger partial charge in [0.2, 0.25) is 5.91 Å². The lowest BCUT2D eigenvalue weighted by molar-refractivity contribution is -0.115. The monoisotopic (exact) mass is 684 g/mol. The standard InChI is InChI=1S/C39H32N4O4S2/c1-25(36(44)43-39-42-35(24-48-39)27-15-19-31(47-2)20-16-27)49-32-21-17-30(18-22-32)40-38(46)34(41-37(45)28-10-4-3-5-11-28)23-29-13-8-12-26-9-6-7-14-33(26)29/h3-25H,1-2H3,(H,40,46)(H,41,45)(H,42,43,44)/b34-23-. The number of fused-ring (bicyclic) bond motifs is 1. The summed E-state index contributed by atoms with van der Waals surface area (Å²) in [6, 6.07) is 37.2. The van der Waals surface area contributed by atoms with E-state index in [0.717, 1.165) is 38.2 Å². The van der Waals surface area contributed by atoms with E-state index in [4.69, 9.17) is 4.74 Å². The van der Waals surface area contributed by atoms with Crippen LogP contribution in [0.25, 0.3) is 28.1 Å². The van der Waals surface area contributed by atoms with Crippen molar-refractivity contribution in [3.63, 3.8) is 0 Å². The molecule has 0 aliphatic heterocycles. The highest BCUT2D eigenvalue weighted by molar-refractivity contribution is 8.00. The van der Waals surface area contributed by atoms with Crippen LogP contribution in [0.5, 0.6) is 5.75 Å². The molecule has 244 valence electrons. The first-order chi connectivity index (χ1) is 23.9. The Labute approximate surface area is 292 Å². The van der Waals surface area contributed by atoms with Crippen molar-refractivity contribution in [3.8, 4) is 17.0 Å². The molecule has 0 fully saturated rings. The maximum absolute atomic E-state index is 13.6. The molecule has 6 aromatic rings. The molecule has 0 bridgehead atoms. The number of thiazole rings is 1. The zero-order valence-electron chi connectivity index (χ0n) is 26.7. The van der Waals surface area contributed by atoms with Crippen LogP contribution in [0.1, 0.15) is 22.8 Å². The SMILES string of the molecule is COc1ccc(-c2csc(NC(=O)C(C)Sc3ccc(NC(=O)/C(=C/c4cccc5ccccc45)NC(=O)c4ccccc4)cc3)n2)cc1. The van der Waals surface area contributed by atoms with Crippen molar-refractivity contribution < 1.29 is 19.1 Å². The van der Waals surface area contributed by atoms with E-state index in [2.05, 4.69) is 20.9 Å². The zero-order valence-corrected chi connectivity index (χ0v) is 28.3. The van der Waals surface area contributed by atoms with Crippen molar-refractivity contribution >= 4 is 68.5 Å². The van der Waals surface area contributed by atoms with Crippen LogP contribution < -0.4 is 20.7 Å². The molecule has 49 heavy (non-hydrogen) atoms. The Balaban J connectivity index is 1.11. The summed E-state index contributed by atoms with van der Waals surface area (Å²) in [5.74, 6) is -0.270. The number of nitrogens with zero attached hydrogens (tertiary/aromatic N) is 1. The predicted molar refractivity (Wildman–Crippen MR) is 199 cm³/mol. The van der Waals surface area contributed by atoms with E-state index in [1.165, 1.54) is 23.1 Å². The Morgan fingerprint density at radius 3 is 2.29 bits per heavy atom. The summed E-state index contributed by atoms with van der Waals surface area (Å²) in [4.78, 5) is 45.1. The number of thioether (sulfide) groups is 1. The van der Waals surface area contributed by atoms with Crippen LogP contribution in [0.15, 0.2) is 137 Å². The zero-order chi connectivity index (χ0) is 34.2. The number of methoxy groups -OCH3 is 1. The second-order valence-corrected chi connectivity index (χ2v) is 13.2. The molecule has 3 amide bonds. The van der Waals surface area contributed by atoms with E-state index in [1.54, 1.807) is 49.6 Å². The number of benzene rings is 5. The largest absolute Gasteiger partial charge is 0.497 e. The van der Waals surface area contributed by atoms with Crippen molar-refractivity contribution in [1.29, 1.82) is 0 Å². The van der Waals surface area contributed by atoms with Gasteiger partial charge in [-0.2, -0.15) is 0 Å². The van der Waals surface area contributed by atoms with Crippen molar-refractivity contribution in [3.05, 3.63) is 144 Å². The lowest BCUT2D eigenvalue weighted by Crippen LogP contribution is -2.30. The number of nitrogens with one attached hydrogen (secondary N) is 3. The Hall–Kier alpha value is -5.71. The van der Waals surface area contributed by atoms with E-state index >= 15 is 0 Å². The maximum Gasteiger partial charge on any atom is 0.272 e. The van der Waals surface area contributed by atoms with Crippen LogP contribution in [0.4, 0.5) is 10.8 Å². The van der Waals surface area contributed by atoms with Gasteiger partial charge in [0.05, 0.1) is 18.1 Å². The summed E-state index contributed by atoms with van der Waals surface area (Å²) in [5.41, 5.74) is 3.58. The number of ether oxygens (including phenoxy) is 1. The fraction of sp³-hybridized carbons (Fsp3) is 0.0769. The first kappa shape index (κ1) is 33.2. The highest BCUT2D eigenvalue weighted by atomic mass is 32.2. The molecule has 6 rings (SSSR count). The van der Waals surface area contributed by atoms with Gasteiger partial charge < -0.3 is 20.7 Å². The number of rotatable bonds is 11. The summed E-state index contributed by atoms with van der Waals surface area (Å²) in [6.07, 6.45) is 1.69. The van der Waals surface area contributed by atoms with Crippen LogP contribution in [0.3, 0.4) is 0 Å². The van der Waals surface area contributed by atoms with Gasteiger partial charge in [-0.25, -0.2) is 4.98 Å². The maximum atomic E-state index is 13.6. The summed E-state index contributed by atoms with van der Waals surface area (Å²) in [5, 5.41) is 12.6. The summed E-state index contributed by atoms with van der Waals surface area (Å²) >= 11 is 2.76. The van der Waals surface area contributed by atoms with Crippen molar-refractivity contribution in [2.75, 3.05) is 17.7 Å². The summed E-state index contributed by atoms with van der Waals surface area (Å²) in [7, 11) is 1.62. The molecule has 8 nitrogen and oxygen atoms in total. The van der Waals surface area contributed by atoms with E-state index in [-0.39, 0.29) is 11.6 Å². The van der Waals surface area contributed by atoms with Crippen LogP contribution >= 0.6 is 23.1 Å². The third kappa shape index (κ3) is 8.42. The Morgan fingerprint density at radius 1 is 0.816 bits per heavy atom. The fourth-order valence-corrected chi connectivity index (χ4v) is 6.57. The molecule has 3 N–H and O–H groups in total. The normalized spacial score (nSPS) is 11.8. The second-order valence-electron chi connectivity index (χ2n) is 10.9. The molecule has 1 atom stereocenters. The number of amides is 3. The lowest BCUT2D eigenvalue weighted by atomic mass is 10.0. The molecular formula is C39H32N4O4S2. The molecule has 0 aliphatic rings. The molecule has 0 radical (unpaired) electrons. The minimum Gasteiger partial charge on any atom is -0.497 e. The molecule has 5 aromatic carbocycles. The first-order valence-electron chi connectivity index (χ1n) is 15.4. The van der Waals surface area contributed by atoms with Gasteiger partial charge in [-0.15, -0.1) is 23.1 Å². The van der Waals surface area contributed by atoms with E-state index in [9.17, 15) is 14.4 Å². The smallest absolute Gasteiger partial charge is 0.272 e. The minimum absolute atomic E-state index is 0.103. The highest BCUT2D eigenvalue weighted by Crippen LogP contribution is 2.29.